The maximum absolute atomic E-state index is 12.8. The van der Waals surface area contributed by atoms with Crippen molar-refractivity contribution in [2.75, 3.05) is 33.3 Å². The molecule has 7 nitrogen and oxygen atoms in total. The van der Waals surface area contributed by atoms with Gasteiger partial charge in [-0.15, -0.1) is 0 Å². The SMILES string of the molecule is CN1CCOC2CCN(S(=O)(=O)c3c(Cl)cnn3C)CC21. The van der Waals surface area contributed by atoms with Crippen molar-refractivity contribution in [3.63, 3.8) is 0 Å². The first kappa shape index (κ1) is 15.2. The van der Waals surface area contributed by atoms with Crippen LogP contribution in [0.25, 0.3) is 0 Å². The highest BCUT2D eigenvalue weighted by Crippen LogP contribution is 2.29. The number of morpholine rings is 1. The van der Waals surface area contributed by atoms with Crippen LogP contribution in [0, 0.1) is 0 Å². The lowest BCUT2D eigenvalue weighted by Gasteiger charge is -2.45. The molecule has 2 aliphatic heterocycles. The van der Waals surface area contributed by atoms with Crippen molar-refractivity contribution in [1.82, 2.24) is 19.0 Å². The largest absolute Gasteiger partial charge is 0.375 e. The first-order chi connectivity index (χ1) is 9.91. The van der Waals surface area contributed by atoms with E-state index >= 15 is 0 Å². The van der Waals surface area contributed by atoms with Gasteiger partial charge in [0.25, 0.3) is 10.0 Å². The molecule has 1 aromatic heterocycles. The van der Waals surface area contributed by atoms with Crippen molar-refractivity contribution >= 4 is 21.6 Å². The van der Waals surface area contributed by atoms with E-state index in [1.54, 1.807) is 7.05 Å². The molecule has 0 aliphatic carbocycles. The van der Waals surface area contributed by atoms with Crippen molar-refractivity contribution in [2.24, 2.45) is 7.05 Å². The zero-order valence-corrected chi connectivity index (χ0v) is 13.6. The van der Waals surface area contributed by atoms with Gasteiger partial charge < -0.3 is 4.74 Å². The van der Waals surface area contributed by atoms with Crippen LogP contribution in [0.1, 0.15) is 6.42 Å². The summed E-state index contributed by atoms with van der Waals surface area (Å²) in [6.45, 7) is 2.39. The Hall–Kier alpha value is -0.670. The summed E-state index contributed by atoms with van der Waals surface area (Å²) in [7, 11) is -0.0424. The zero-order valence-electron chi connectivity index (χ0n) is 12.1. The van der Waals surface area contributed by atoms with E-state index in [-0.39, 0.29) is 22.2 Å². The van der Waals surface area contributed by atoms with Crippen molar-refractivity contribution in [1.29, 1.82) is 0 Å². The highest BCUT2D eigenvalue weighted by Gasteiger charge is 2.41. The molecule has 0 radical (unpaired) electrons. The Bertz CT molecular complexity index is 613. The molecule has 118 valence electrons. The topological polar surface area (TPSA) is 67.7 Å². The second-order valence-corrected chi connectivity index (χ2v) is 7.79. The van der Waals surface area contributed by atoms with Gasteiger partial charge in [0.15, 0.2) is 5.03 Å². The first-order valence-corrected chi connectivity index (χ1v) is 8.72. The number of nitrogens with zero attached hydrogens (tertiary/aromatic N) is 4. The molecule has 2 saturated heterocycles. The molecule has 9 heteroatoms. The third-order valence-corrected chi connectivity index (χ3v) is 6.62. The number of hydrogen-bond acceptors (Lipinski definition) is 5. The van der Waals surface area contributed by atoms with Gasteiger partial charge in [-0.1, -0.05) is 11.6 Å². The third-order valence-electron chi connectivity index (χ3n) is 4.25. The predicted molar refractivity (Wildman–Crippen MR) is 77.8 cm³/mol. The van der Waals surface area contributed by atoms with E-state index in [4.69, 9.17) is 16.3 Å². The smallest absolute Gasteiger partial charge is 0.261 e. The molecule has 0 spiro atoms. The highest BCUT2D eigenvalue weighted by molar-refractivity contribution is 7.89. The predicted octanol–water partition coefficient (Wildman–Crippen LogP) is 0.167. The monoisotopic (exact) mass is 334 g/mol. The van der Waals surface area contributed by atoms with Gasteiger partial charge in [-0.05, 0) is 13.5 Å². The molecular formula is C12H19ClN4O3S. The molecule has 0 N–H and O–H groups in total. The van der Waals surface area contributed by atoms with Gasteiger partial charge in [0.1, 0.15) is 0 Å². The summed E-state index contributed by atoms with van der Waals surface area (Å²) in [6, 6.07) is 0.0919. The molecule has 1 aromatic rings. The number of rotatable bonds is 2. The lowest BCUT2D eigenvalue weighted by atomic mass is 10.0. The molecular weight excluding hydrogens is 316 g/mol. The van der Waals surface area contributed by atoms with Crippen LogP contribution in [0.4, 0.5) is 0 Å². The van der Waals surface area contributed by atoms with Gasteiger partial charge in [-0.2, -0.15) is 9.40 Å². The van der Waals surface area contributed by atoms with Crippen LogP contribution in [0.15, 0.2) is 11.2 Å². The summed E-state index contributed by atoms with van der Waals surface area (Å²) in [5, 5.41) is 4.13. The van der Waals surface area contributed by atoms with Crippen molar-refractivity contribution in [3.05, 3.63) is 11.2 Å². The van der Waals surface area contributed by atoms with Gasteiger partial charge in [0.05, 0.1) is 23.9 Å². The fraction of sp³-hybridized carbons (Fsp3) is 0.750. The molecule has 0 saturated carbocycles. The van der Waals surface area contributed by atoms with Gasteiger partial charge >= 0.3 is 0 Å². The van der Waals surface area contributed by atoms with Crippen LogP contribution >= 0.6 is 11.6 Å². The number of aryl methyl sites for hydroxylation is 1. The van der Waals surface area contributed by atoms with Gasteiger partial charge in [-0.25, -0.2) is 8.42 Å². The Morgan fingerprint density at radius 2 is 2.14 bits per heavy atom. The number of halogens is 1. The van der Waals surface area contributed by atoms with Crippen molar-refractivity contribution in [3.8, 4) is 0 Å². The second-order valence-electron chi connectivity index (χ2n) is 5.53. The van der Waals surface area contributed by atoms with Crippen LogP contribution in [0.3, 0.4) is 0 Å². The van der Waals surface area contributed by atoms with E-state index in [0.717, 1.165) is 6.54 Å². The Labute approximate surface area is 129 Å². The molecule has 0 aromatic carbocycles. The molecule has 2 fully saturated rings. The minimum atomic E-state index is -3.63. The molecule has 0 bridgehead atoms. The molecule has 2 aliphatic rings. The van der Waals surface area contributed by atoms with Crippen LogP contribution in [0.5, 0.6) is 0 Å². The van der Waals surface area contributed by atoms with E-state index in [1.165, 1.54) is 15.2 Å². The van der Waals surface area contributed by atoms with Crippen molar-refractivity contribution < 1.29 is 13.2 Å². The third kappa shape index (κ3) is 2.59. The summed E-state index contributed by atoms with van der Waals surface area (Å²) in [4.78, 5) is 2.17. The summed E-state index contributed by atoms with van der Waals surface area (Å²) in [5.41, 5.74) is 0. The molecule has 3 rings (SSSR count). The Balaban J connectivity index is 1.87. The van der Waals surface area contributed by atoms with Gasteiger partial charge in [0, 0.05) is 32.7 Å². The molecule has 2 unspecified atom stereocenters. The summed E-state index contributed by atoms with van der Waals surface area (Å²) in [6.07, 6.45) is 2.16. The molecule has 0 amide bonds. The summed E-state index contributed by atoms with van der Waals surface area (Å²) >= 11 is 5.99. The lowest BCUT2D eigenvalue weighted by molar-refractivity contribution is -0.0840. The fourth-order valence-corrected chi connectivity index (χ4v) is 5.12. The van der Waals surface area contributed by atoms with E-state index in [9.17, 15) is 8.42 Å². The number of likely N-dealkylation sites (N-methyl/N-ethyl adjacent to an activating group) is 1. The van der Waals surface area contributed by atoms with Crippen LogP contribution < -0.4 is 0 Å². The first-order valence-electron chi connectivity index (χ1n) is 6.91. The second kappa shape index (κ2) is 5.51. The maximum Gasteiger partial charge on any atom is 0.261 e. The van der Waals surface area contributed by atoms with E-state index in [2.05, 4.69) is 10.00 Å². The van der Waals surface area contributed by atoms with Crippen LogP contribution in [-0.2, 0) is 21.8 Å². The minimum absolute atomic E-state index is 0.0574. The standard InChI is InChI=1S/C12H19ClN4O3S/c1-15-5-6-20-11-3-4-17(8-10(11)15)21(18,19)12-9(13)7-14-16(12)2/h7,10-11H,3-6,8H2,1-2H3. The number of fused-ring (bicyclic) bond motifs is 1. The molecule has 21 heavy (non-hydrogen) atoms. The van der Waals surface area contributed by atoms with E-state index in [0.29, 0.717) is 26.1 Å². The normalized spacial score (nSPS) is 28.5. The van der Waals surface area contributed by atoms with Crippen LogP contribution in [-0.4, -0.2) is 72.8 Å². The summed E-state index contributed by atoms with van der Waals surface area (Å²) < 4.78 is 34.1. The lowest BCUT2D eigenvalue weighted by Crippen LogP contribution is -2.59. The Morgan fingerprint density at radius 1 is 1.38 bits per heavy atom. The number of aromatic nitrogens is 2. The van der Waals surface area contributed by atoms with Crippen molar-refractivity contribution in [2.45, 2.75) is 23.6 Å². The number of ether oxygens (including phenoxy) is 1. The van der Waals surface area contributed by atoms with E-state index < -0.39 is 10.0 Å². The Morgan fingerprint density at radius 3 is 2.81 bits per heavy atom. The minimum Gasteiger partial charge on any atom is -0.375 e. The summed E-state index contributed by atoms with van der Waals surface area (Å²) in [5.74, 6) is 0. The number of piperidine rings is 1. The van der Waals surface area contributed by atoms with Crippen LogP contribution in [0.2, 0.25) is 5.02 Å². The number of hydrogen-bond donors (Lipinski definition) is 0. The van der Waals surface area contributed by atoms with Gasteiger partial charge in [0.2, 0.25) is 0 Å². The zero-order chi connectivity index (χ0) is 15.2. The molecule has 3 heterocycles. The maximum atomic E-state index is 12.8. The number of sulfonamides is 1. The van der Waals surface area contributed by atoms with Gasteiger partial charge in [-0.3, -0.25) is 9.58 Å². The highest BCUT2D eigenvalue weighted by atomic mass is 35.5. The average molecular weight is 335 g/mol. The average Bonchev–Trinajstić information content (AvgIpc) is 2.79. The van der Waals surface area contributed by atoms with E-state index in [1.807, 2.05) is 7.05 Å². The fourth-order valence-electron chi connectivity index (χ4n) is 3.04. The molecule has 2 atom stereocenters. The Kier molecular flexibility index (Phi) is 4.00. The quantitative estimate of drug-likeness (QED) is 0.771.